The van der Waals surface area contributed by atoms with Gasteiger partial charge >= 0.3 is 0 Å². The number of nitrogens with one attached hydrogen (secondary N) is 1. The number of pyridine rings is 1. The number of carbonyl (C=O) groups is 1. The molecule has 2 heterocycles. The summed E-state index contributed by atoms with van der Waals surface area (Å²) in [6.45, 7) is 0. The van der Waals surface area contributed by atoms with E-state index in [0.29, 0.717) is 28.8 Å². The van der Waals surface area contributed by atoms with Crippen molar-refractivity contribution in [2.75, 3.05) is 5.32 Å². The zero-order valence-corrected chi connectivity index (χ0v) is 16.6. The van der Waals surface area contributed by atoms with E-state index in [4.69, 9.17) is 16.1 Å². The smallest absolute Gasteiger partial charge is 0.248 e. The van der Waals surface area contributed by atoms with Crippen LogP contribution in [0, 0.1) is 0 Å². The van der Waals surface area contributed by atoms with Crippen LogP contribution in [0.4, 0.5) is 5.69 Å². The number of halogens is 1. The van der Waals surface area contributed by atoms with E-state index in [1.165, 1.54) is 6.08 Å². The van der Waals surface area contributed by atoms with Gasteiger partial charge in [-0.1, -0.05) is 53.2 Å². The van der Waals surface area contributed by atoms with E-state index >= 15 is 0 Å². The molecular weight excluding hydrogens is 400 g/mol. The highest BCUT2D eigenvalue weighted by Gasteiger charge is 2.12. The molecule has 0 saturated heterocycles. The SMILES string of the molecule is O=C(/C=C/c1ccccc1Cl)Nc1ccccc1Cc1nc(-c2cccnc2)no1. The van der Waals surface area contributed by atoms with E-state index in [2.05, 4.69) is 20.4 Å². The van der Waals surface area contributed by atoms with E-state index in [1.54, 1.807) is 24.5 Å². The molecule has 0 aliphatic rings. The summed E-state index contributed by atoms with van der Waals surface area (Å²) in [5.41, 5.74) is 3.08. The molecule has 30 heavy (non-hydrogen) atoms. The molecule has 0 unspecified atom stereocenters. The van der Waals surface area contributed by atoms with Crippen molar-refractivity contribution < 1.29 is 9.32 Å². The summed E-state index contributed by atoms with van der Waals surface area (Å²) in [4.78, 5) is 20.9. The second-order valence-electron chi connectivity index (χ2n) is 6.43. The Hall–Kier alpha value is -3.77. The van der Waals surface area contributed by atoms with Gasteiger partial charge in [0, 0.05) is 34.7 Å². The van der Waals surface area contributed by atoms with Crippen molar-refractivity contribution in [2.24, 2.45) is 0 Å². The summed E-state index contributed by atoms with van der Waals surface area (Å²) in [6, 6.07) is 18.5. The molecule has 0 bridgehead atoms. The molecule has 6 nitrogen and oxygen atoms in total. The number of nitrogens with zero attached hydrogens (tertiary/aromatic N) is 3. The minimum atomic E-state index is -0.260. The number of carbonyl (C=O) groups excluding carboxylic acids is 1. The fourth-order valence-corrected chi connectivity index (χ4v) is 3.05. The first-order valence-electron chi connectivity index (χ1n) is 9.23. The van der Waals surface area contributed by atoms with Crippen LogP contribution in [-0.4, -0.2) is 21.0 Å². The number of anilines is 1. The molecule has 0 spiro atoms. The lowest BCUT2D eigenvalue weighted by Crippen LogP contribution is -2.10. The monoisotopic (exact) mass is 416 g/mol. The molecule has 4 aromatic rings. The number of hydrogen-bond donors (Lipinski definition) is 1. The average Bonchev–Trinajstić information content (AvgIpc) is 3.24. The highest BCUT2D eigenvalue weighted by Crippen LogP contribution is 2.21. The lowest BCUT2D eigenvalue weighted by Gasteiger charge is -2.08. The summed E-state index contributed by atoms with van der Waals surface area (Å²) < 4.78 is 5.37. The molecule has 4 rings (SSSR count). The van der Waals surface area contributed by atoms with Crippen LogP contribution >= 0.6 is 11.6 Å². The van der Waals surface area contributed by atoms with Crippen LogP contribution in [0.25, 0.3) is 17.5 Å². The van der Waals surface area contributed by atoms with Crippen molar-refractivity contribution in [2.45, 2.75) is 6.42 Å². The van der Waals surface area contributed by atoms with Gasteiger partial charge in [0.05, 0.1) is 6.42 Å². The molecule has 2 aromatic heterocycles. The van der Waals surface area contributed by atoms with Crippen LogP contribution in [-0.2, 0) is 11.2 Å². The first-order chi connectivity index (χ1) is 14.7. The molecular formula is C23H17ClN4O2. The van der Waals surface area contributed by atoms with Gasteiger partial charge in [-0.2, -0.15) is 4.98 Å². The van der Waals surface area contributed by atoms with Crippen molar-refractivity contribution in [3.63, 3.8) is 0 Å². The third kappa shape index (κ3) is 4.79. The van der Waals surface area contributed by atoms with Gasteiger partial charge in [0.1, 0.15) is 0 Å². The van der Waals surface area contributed by atoms with Gasteiger partial charge in [-0.25, -0.2) is 0 Å². The standard InChI is InChI=1S/C23H17ClN4O2/c24-19-9-3-1-6-16(19)11-12-21(29)26-20-10-4-2-7-17(20)14-22-27-23(28-30-22)18-8-5-13-25-15-18/h1-13,15H,14H2,(H,26,29)/b12-11+. The molecule has 7 heteroatoms. The highest BCUT2D eigenvalue weighted by atomic mass is 35.5. The van der Waals surface area contributed by atoms with Crippen molar-refractivity contribution in [3.05, 3.63) is 101 Å². The van der Waals surface area contributed by atoms with Crippen LogP contribution in [0.3, 0.4) is 0 Å². The van der Waals surface area contributed by atoms with E-state index in [0.717, 1.165) is 16.7 Å². The third-order valence-electron chi connectivity index (χ3n) is 4.32. The molecule has 0 aliphatic carbocycles. The predicted octanol–water partition coefficient (Wildman–Crippen LogP) is 5.03. The molecule has 1 N–H and O–H groups in total. The van der Waals surface area contributed by atoms with Crippen LogP contribution in [0.5, 0.6) is 0 Å². The number of amides is 1. The molecule has 0 fully saturated rings. The van der Waals surface area contributed by atoms with Crippen molar-refractivity contribution >= 4 is 29.3 Å². The largest absolute Gasteiger partial charge is 0.339 e. The van der Waals surface area contributed by atoms with Crippen molar-refractivity contribution in [1.29, 1.82) is 0 Å². The van der Waals surface area contributed by atoms with E-state index in [1.807, 2.05) is 54.6 Å². The molecule has 0 saturated carbocycles. The molecule has 148 valence electrons. The number of para-hydroxylation sites is 1. The zero-order valence-electron chi connectivity index (χ0n) is 15.8. The maximum atomic E-state index is 12.4. The van der Waals surface area contributed by atoms with Gasteiger partial charge < -0.3 is 9.84 Å². The Balaban J connectivity index is 1.47. The first kappa shape index (κ1) is 19.5. The highest BCUT2D eigenvalue weighted by molar-refractivity contribution is 6.32. The van der Waals surface area contributed by atoms with Gasteiger partial charge in [-0.15, -0.1) is 0 Å². The Morgan fingerprint density at radius 2 is 1.90 bits per heavy atom. The topological polar surface area (TPSA) is 80.9 Å². The Labute approximate surface area is 178 Å². The van der Waals surface area contributed by atoms with Crippen LogP contribution in [0.1, 0.15) is 17.0 Å². The second kappa shape index (κ2) is 9.15. The zero-order chi connectivity index (χ0) is 20.8. The lowest BCUT2D eigenvalue weighted by molar-refractivity contribution is -0.111. The van der Waals surface area contributed by atoms with Gasteiger partial charge in [0.15, 0.2) is 0 Å². The van der Waals surface area contributed by atoms with Crippen molar-refractivity contribution in [3.8, 4) is 11.4 Å². The fourth-order valence-electron chi connectivity index (χ4n) is 2.85. The molecule has 1 amide bonds. The van der Waals surface area contributed by atoms with Crippen LogP contribution in [0.2, 0.25) is 5.02 Å². The fraction of sp³-hybridized carbons (Fsp3) is 0.0435. The van der Waals surface area contributed by atoms with E-state index < -0.39 is 0 Å². The first-order valence-corrected chi connectivity index (χ1v) is 9.61. The molecule has 0 aliphatic heterocycles. The Morgan fingerprint density at radius 1 is 1.07 bits per heavy atom. The van der Waals surface area contributed by atoms with E-state index in [-0.39, 0.29) is 5.91 Å². The second-order valence-corrected chi connectivity index (χ2v) is 6.84. The molecule has 2 aromatic carbocycles. The predicted molar refractivity (Wildman–Crippen MR) is 116 cm³/mol. The third-order valence-corrected chi connectivity index (χ3v) is 4.67. The maximum absolute atomic E-state index is 12.4. The van der Waals surface area contributed by atoms with Crippen LogP contribution in [0.15, 0.2) is 83.7 Å². The van der Waals surface area contributed by atoms with Gasteiger partial charge in [0.25, 0.3) is 0 Å². The van der Waals surface area contributed by atoms with Gasteiger partial charge in [-0.3, -0.25) is 9.78 Å². The summed E-state index contributed by atoms with van der Waals surface area (Å²) >= 11 is 6.12. The summed E-state index contributed by atoms with van der Waals surface area (Å²) in [7, 11) is 0. The Bertz CT molecular complexity index is 1190. The number of benzene rings is 2. The molecule has 0 atom stereocenters. The number of hydrogen-bond acceptors (Lipinski definition) is 5. The Kier molecular flexibility index (Phi) is 5.96. The van der Waals surface area contributed by atoms with E-state index in [9.17, 15) is 4.79 Å². The van der Waals surface area contributed by atoms with Crippen molar-refractivity contribution in [1.82, 2.24) is 15.1 Å². The average molecular weight is 417 g/mol. The lowest BCUT2D eigenvalue weighted by atomic mass is 10.1. The number of aromatic nitrogens is 3. The quantitative estimate of drug-likeness (QED) is 0.446. The summed E-state index contributed by atoms with van der Waals surface area (Å²) in [6.07, 6.45) is 6.87. The normalized spacial score (nSPS) is 11.0. The minimum absolute atomic E-state index is 0.260. The molecule has 0 radical (unpaired) electrons. The van der Waals surface area contributed by atoms with Gasteiger partial charge in [-0.05, 0) is 41.5 Å². The number of rotatable bonds is 6. The maximum Gasteiger partial charge on any atom is 0.248 e. The van der Waals surface area contributed by atoms with Crippen LogP contribution < -0.4 is 5.32 Å². The van der Waals surface area contributed by atoms with Gasteiger partial charge in [0.2, 0.25) is 17.6 Å². The minimum Gasteiger partial charge on any atom is -0.339 e. The Morgan fingerprint density at radius 3 is 2.73 bits per heavy atom. The summed E-state index contributed by atoms with van der Waals surface area (Å²) in [5, 5.41) is 7.48. The summed E-state index contributed by atoms with van der Waals surface area (Å²) in [5.74, 6) is 0.661.